The Morgan fingerprint density at radius 2 is 1.56 bits per heavy atom. The van der Waals surface area contributed by atoms with Crippen molar-refractivity contribution in [3.63, 3.8) is 0 Å². The highest BCUT2D eigenvalue weighted by molar-refractivity contribution is 5.03. The van der Waals surface area contributed by atoms with Gasteiger partial charge in [0.25, 0.3) is 0 Å². The summed E-state index contributed by atoms with van der Waals surface area (Å²) in [5, 5.41) is 3.13. The predicted molar refractivity (Wildman–Crippen MR) is 42.5 cm³/mol. The summed E-state index contributed by atoms with van der Waals surface area (Å²) in [5.41, 5.74) is 0. The molecule has 52 valence electrons. The lowest BCUT2D eigenvalue weighted by molar-refractivity contribution is 0.788. The van der Waals surface area contributed by atoms with Crippen LogP contribution in [-0.2, 0) is 0 Å². The van der Waals surface area contributed by atoms with Crippen molar-refractivity contribution in [2.24, 2.45) is 0 Å². The second-order valence-corrected chi connectivity index (χ2v) is 1.87. The van der Waals surface area contributed by atoms with E-state index in [4.69, 9.17) is 0 Å². The van der Waals surface area contributed by atoms with Gasteiger partial charge in [-0.15, -0.1) is 0 Å². The molecule has 0 aromatic heterocycles. The first kappa shape index (κ1) is 8.44. The molecule has 1 heteroatoms. The molecular formula is C8H15N. The zero-order valence-corrected chi connectivity index (χ0v) is 6.39. The van der Waals surface area contributed by atoms with Crippen LogP contribution in [0.15, 0.2) is 24.3 Å². The average Bonchev–Trinajstić information content (AvgIpc) is 1.88. The molecular weight excluding hydrogens is 110 g/mol. The van der Waals surface area contributed by atoms with Crippen LogP contribution >= 0.6 is 0 Å². The number of likely N-dealkylation sites (N-methyl/N-ethyl adjacent to an activating group) is 1. The molecule has 0 aliphatic carbocycles. The van der Waals surface area contributed by atoms with Crippen molar-refractivity contribution < 1.29 is 0 Å². The van der Waals surface area contributed by atoms with Crippen LogP contribution in [0.2, 0.25) is 0 Å². The monoisotopic (exact) mass is 125 g/mol. The quantitative estimate of drug-likeness (QED) is 0.566. The van der Waals surface area contributed by atoms with Crippen LogP contribution in [-0.4, -0.2) is 13.1 Å². The van der Waals surface area contributed by atoms with E-state index >= 15 is 0 Å². The van der Waals surface area contributed by atoms with E-state index in [-0.39, 0.29) is 0 Å². The summed E-state index contributed by atoms with van der Waals surface area (Å²) in [6.07, 6.45) is 8.31. The number of hydrogen-bond acceptors (Lipinski definition) is 1. The van der Waals surface area contributed by atoms with Crippen LogP contribution in [0.3, 0.4) is 0 Å². The Morgan fingerprint density at radius 1 is 1.11 bits per heavy atom. The van der Waals surface area contributed by atoms with Crippen molar-refractivity contribution in [3.8, 4) is 0 Å². The summed E-state index contributed by atoms with van der Waals surface area (Å²) >= 11 is 0. The maximum Gasteiger partial charge on any atom is 0.0432 e. The summed E-state index contributed by atoms with van der Waals surface area (Å²) in [4.78, 5) is 0. The third kappa shape index (κ3) is 3.98. The number of hydrogen-bond donors (Lipinski definition) is 1. The van der Waals surface area contributed by atoms with E-state index in [2.05, 4.69) is 17.5 Å². The van der Waals surface area contributed by atoms with Gasteiger partial charge in [0.05, 0.1) is 0 Å². The van der Waals surface area contributed by atoms with Gasteiger partial charge < -0.3 is 5.32 Å². The van der Waals surface area contributed by atoms with Gasteiger partial charge in [0.2, 0.25) is 0 Å². The standard InChI is InChI=1S/C8H15N/c1-4-6-8(9-3)7-5-2/h4-9H,1-3H3. The Balaban J connectivity index is 3.68. The average molecular weight is 125 g/mol. The fourth-order valence-corrected chi connectivity index (χ4v) is 0.671. The van der Waals surface area contributed by atoms with E-state index in [0.29, 0.717) is 6.04 Å². The molecule has 0 aliphatic rings. The predicted octanol–water partition coefficient (Wildman–Crippen LogP) is 1.73. The Morgan fingerprint density at radius 3 is 1.78 bits per heavy atom. The highest BCUT2D eigenvalue weighted by atomic mass is 14.8. The highest BCUT2D eigenvalue weighted by Gasteiger charge is 1.89. The van der Waals surface area contributed by atoms with Crippen LogP contribution in [0.5, 0.6) is 0 Å². The van der Waals surface area contributed by atoms with E-state index in [0.717, 1.165) is 0 Å². The number of rotatable bonds is 3. The topological polar surface area (TPSA) is 12.0 Å². The molecule has 1 N–H and O–H groups in total. The lowest BCUT2D eigenvalue weighted by Crippen LogP contribution is -2.19. The van der Waals surface area contributed by atoms with Crippen molar-refractivity contribution >= 4 is 0 Å². The molecule has 0 amide bonds. The maximum atomic E-state index is 3.13. The first-order valence-electron chi connectivity index (χ1n) is 3.28. The minimum atomic E-state index is 0.403. The third-order valence-corrected chi connectivity index (χ3v) is 1.13. The van der Waals surface area contributed by atoms with E-state index in [1.165, 1.54) is 0 Å². The first-order chi connectivity index (χ1) is 4.35. The Labute approximate surface area is 57.5 Å². The van der Waals surface area contributed by atoms with Crippen LogP contribution in [0.4, 0.5) is 0 Å². The molecule has 0 spiro atoms. The molecule has 9 heavy (non-hydrogen) atoms. The summed E-state index contributed by atoms with van der Waals surface area (Å²) in [7, 11) is 1.95. The van der Waals surface area contributed by atoms with Gasteiger partial charge in [-0.1, -0.05) is 24.3 Å². The van der Waals surface area contributed by atoms with Crippen molar-refractivity contribution in [2.75, 3.05) is 7.05 Å². The van der Waals surface area contributed by atoms with Gasteiger partial charge in [-0.05, 0) is 20.9 Å². The largest absolute Gasteiger partial charge is 0.310 e. The number of nitrogens with one attached hydrogen (secondary N) is 1. The summed E-state index contributed by atoms with van der Waals surface area (Å²) < 4.78 is 0. The van der Waals surface area contributed by atoms with E-state index in [1.807, 2.05) is 33.0 Å². The highest BCUT2D eigenvalue weighted by Crippen LogP contribution is 1.87. The summed E-state index contributed by atoms with van der Waals surface area (Å²) in [5.74, 6) is 0. The van der Waals surface area contributed by atoms with Crippen LogP contribution in [0.25, 0.3) is 0 Å². The van der Waals surface area contributed by atoms with E-state index in [1.54, 1.807) is 0 Å². The fourth-order valence-electron chi connectivity index (χ4n) is 0.671. The minimum Gasteiger partial charge on any atom is -0.310 e. The molecule has 0 aromatic carbocycles. The number of allylic oxidation sites excluding steroid dienone is 2. The smallest absolute Gasteiger partial charge is 0.0432 e. The molecule has 0 bridgehead atoms. The van der Waals surface area contributed by atoms with Crippen LogP contribution < -0.4 is 5.32 Å². The van der Waals surface area contributed by atoms with Gasteiger partial charge in [0.1, 0.15) is 0 Å². The van der Waals surface area contributed by atoms with Gasteiger partial charge >= 0.3 is 0 Å². The zero-order valence-electron chi connectivity index (χ0n) is 6.39. The van der Waals surface area contributed by atoms with Crippen molar-refractivity contribution in [1.82, 2.24) is 5.32 Å². The lowest BCUT2D eigenvalue weighted by atomic mass is 10.2. The molecule has 0 fully saturated rings. The molecule has 0 aliphatic heterocycles. The maximum absolute atomic E-state index is 3.13. The van der Waals surface area contributed by atoms with Crippen molar-refractivity contribution in [1.29, 1.82) is 0 Å². The molecule has 0 heterocycles. The van der Waals surface area contributed by atoms with Gasteiger partial charge in [0, 0.05) is 6.04 Å². The van der Waals surface area contributed by atoms with Gasteiger partial charge in [0.15, 0.2) is 0 Å². The second-order valence-electron chi connectivity index (χ2n) is 1.87. The lowest BCUT2D eigenvalue weighted by Gasteiger charge is -2.02. The Bertz CT molecular complexity index is 91.1. The Hall–Kier alpha value is -0.560. The molecule has 0 radical (unpaired) electrons. The SMILES string of the molecule is CC=CC(C=CC)NC. The second kappa shape index (κ2) is 5.57. The molecule has 0 rings (SSSR count). The summed E-state index contributed by atoms with van der Waals surface area (Å²) in [6.45, 7) is 4.04. The third-order valence-electron chi connectivity index (χ3n) is 1.13. The molecule has 0 unspecified atom stereocenters. The normalized spacial score (nSPS) is 15.4. The van der Waals surface area contributed by atoms with Gasteiger partial charge in [-0.25, -0.2) is 0 Å². The fraction of sp³-hybridized carbons (Fsp3) is 0.500. The van der Waals surface area contributed by atoms with Gasteiger partial charge in [-0.2, -0.15) is 0 Å². The van der Waals surface area contributed by atoms with Crippen LogP contribution in [0.1, 0.15) is 13.8 Å². The van der Waals surface area contributed by atoms with Crippen molar-refractivity contribution in [3.05, 3.63) is 24.3 Å². The molecule has 0 saturated carbocycles. The minimum absolute atomic E-state index is 0.403. The van der Waals surface area contributed by atoms with E-state index < -0.39 is 0 Å². The van der Waals surface area contributed by atoms with E-state index in [9.17, 15) is 0 Å². The molecule has 0 atom stereocenters. The van der Waals surface area contributed by atoms with Gasteiger partial charge in [-0.3, -0.25) is 0 Å². The molecule has 0 saturated heterocycles. The summed E-state index contributed by atoms with van der Waals surface area (Å²) in [6, 6.07) is 0.403. The first-order valence-corrected chi connectivity index (χ1v) is 3.28. The Kier molecular flexibility index (Phi) is 5.23. The van der Waals surface area contributed by atoms with Crippen molar-refractivity contribution in [2.45, 2.75) is 19.9 Å². The van der Waals surface area contributed by atoms with Crippen LogP contribution in [0, 0.1) is 0 Å². The molecule has 0 aromatic rings. The molecule has 1 nitrogen and oxygen atoms in total. The zero-order chi connectivity index (χ0) is 7.11.